The van der Waals surface area contributed by atoms with Gasteiger partial charge < -0.3 is 10.2 Å². The highest BCUT2D eigenvalue weighted by molar-refractivity contribution is 5.87. The highest BCUT2D eigenvalue weighted by atomic mass is 16.2. The molecular weight excluding hydrogens is 306 g/mol. The molecule has 7 nitrogen and oxygen atoms in total. The molecule has 0 bridgehead atoms. The lowest BCUT2D eigenvalue weighted by atomic mass is 10.2. The van der Waals surface area contributed by atoms with E-state index in [-0.39, 0.29) is 18.5 Å². The second kappa shape index (κ2) is 6.74. The molecule has 2 heterocycles. The van der Waals surface area contributed by atoms with Crippen molar-refractivity contribution in [2.24, 2.45) is 0 Å². The molecule has 0 aliphatic carbocycles. The molecule has 1 aliphatic heterocycles. The van der Waals surface area contributed by atoms with Gasteiger partial charge in [0.1, 0.15) is 6.54 Å². The lowest BCUT2D eigenvalue weighted by molar-refractivity contribution is -0.126. The van der Waals surface area contributed by atoms with Crippen molar-refractivity contribution in [2.75, 3.05) is 19.8 Å². The predicted molar refractivity (Wildman–Crippen MR) is 89.5 cm³/mol. The Hall–Kier alpha value is -2.83. The molecule has 1 N–H and O–H groups in total. The van der Waals surface area contributed by atoms with Gasteiger partial charge in [-0.25, -0.2) is 9.48 Å². The largest absolute Gasteiger partial charge is 0.334 e. The molecule has 1 aromatic heterocycles. The standard InChI is InChI=1S/C17H21N5O2/c1-3-20-12-21(11-16(20)23)17(24)18-9-14-10-22(19-13(14)2)15-7-5-4-6-8-15/h4-8,10H,3,9,11-12H2,1-2H3,(H,18,24). The molecule has 3 amide bonds. The van der Waals surface area contributed by atoms with Crippen molar-refractivity contribution in [3.63, 3.8) is 0 Å². The van der Waals surface area contributed by atoms with Crippen molar-refractivity contribution >= 4 is 11.9 Å². The second-order valence-electron chi connectivity index (χ2n) is 5.77. The van der Waals surface area contributed by atoms with Crippen LogP contribution in [0.4, 0.5) is 4.79 Å². The average Bonchev–Trinajstić information content (AvgIpc) is 3.16. The third kappa shape index (κ3) is 3.24. The van der Waals surface area contributed by atoms with Gasteiger partial charge in [-0.3, -0.25) is 9.69 Å². The number of likely N-dealkylation sites (N-methyl/N-ethyl adjacent to an activating group) is 1. The van der Waals surface area contributed by atoms with Crippen LogP contribution in [0.5, 0.6) is 0 Å². The molecule has 126 valence electrons. The summed E-state index contributed by atoms with van der Waals surface area (Å²) in [4.78, 5) is 27.1. The summed E-state index contributed by atoms with van der Waals surface area (Å²) < 4.78 is 1.80. The Bertz CT molecular complexity index is 741. The topological polar surface area (TPSA) is 70.5 Å². The fourth-order valence-corrected chi connectivity index (χ4v) is 2.68. The van der Waals surface area contributed by atoms with Crippen LogP contribution in [-0.2, 0) is 11.3 Å². The van der Waals surface area contributed by atoms with Gasteiger partial charge in [0.2, 0.25) is 5.91 Å². The smallest absolute Gasteiger partial charge is 0.319 e. The molecule has 0 radical (unpaired) electrons. The predicted octanol–water partition coefficient (Wildman–Crippen LogP) is 1.51. The van der Waals surface area contributed by atoms with Crippen LogP contribution in [0.3, 0.4) is 0 Å². The van der Waals surface area contributed by atoms with E-state index >= 15 is 0 Å². The van der Waals surface area contributed by atoms with E-state index in [1.165, 1.54) is 4.90 Å². The van der Waals surface area contributed by atoms with E-state index in [0.29, 0.717) is 19.8 Å². The number of urea groups is 1. The summed E-state index contributed by atoms with van der Waals surface area (Å²) in [6.45, 7) is 5.31. The molecular formula is C17H21N5O2. The van der Waals surface area contributed by atoms with E-state index in [4.69, 9.17) is 0 Å². The van der Waals surface area contributed by atoms with Crippen LogP contribution in [0.1, 0.15) is 18.2 Å². The summed E-state index contributed by atoms with van der Waals surface area (Å²) in [7, 11) is 0. The van der Waals surface area contributed by atoms with E-state index in [1.807, 2.05) is 50.4 Å². The Kier molecular flexibility index (Phi) is 4.50. The molecule has 7 heteroatoms. The maximum absolute atomic E-state index is 12.2. The fourth-order valence-electron chi connectivity index (χ4n) is 2.68. The van der Waals surface area contributed by atoms with Gasteiger partial charge in [0.05, 0.1) is 18.1 Å². The summed E-state index contributed by atoms with van der Waals surface area (Å²) in [5, 5.41) is 7.35. The molecule has 0 unspecified atom stereocenters. The van der Waals surface area contributed by atoms with Crippen LogP contribution in [0.2, 0.25) is 0 Å². The van der Waals surface area contributed by atoms with Crippen molar-refractivity contribution < 1.29 is 9.59 Å². The van der Waals surface area contributed by atoms with E-state index in [0.717, 1.165) is 16.9 Å². The molecule has 0 atom stereocenters. The van der Waals surface area contributed by atoms with Gasteiger partial charge in [0.15, 0.2) is 0 Å². The van der Waals surface area contributed by atoms with Crippen LogP contribution in [0, 0.1) is 6.92 Å². The number of aromatic nitrogens is 2. The van der Waals surface area contributed by atoms with Crippen molar-refractivity contribution in [1.29, 1.82) is 0 Å². The monoisotopic (exact) mass is 327 g/mol. The first kappa shape index (κ1) is 16.0. The summed E-state index contributed by atoms with van der Waals surface area (Å²) >= 11 is 0. The molecule has 1 aromatic carbocycles. The minimum absolute atomic E-state index is 0.0132. The van der Waals surface area contributed by atoms with E-state index in [1.54, 1.807) is 9.58 Å². The number of nitrogens with zero attached hydrogens (tertiary/aromatic N) is 4. The third-order valence-electron chi connectivity index (χ3n) is 4.14. The summed E-state index contributed by atoms with van der Waals surface area (Å²) in [6.07, 6.45) is 1.92. The Morgan fingerprint density at radius 3 is 2.71 bits per heavy atom. The number of hydrogen-bond acceptors (Lipinski definition) is 3. The molecule has 24 heavy (non-hydrogen) atoms. The van der Waals surface area contributed by atoms with Gasteiger partial charge in [0.25, 0.3) is 0 Å². The van der Waals surface area contributed by atoms with Gasteiger partial charge in [-0.05, 0) is 26.0 Å². The van der Waals surface area contributed by atoms with Gasteiger partial charge in [-0.15, -0.1) is 0 Å². The van der Waals surface area contributed by atoms with E-state index < -0.39 is 0 Å². The highest BCUT2D eigenvalue weighted by Gasteiger charge is 2.29. The van der Waals surface area contributed by atoms with Gasteiger partial charge in [-0.2, -0.15) is 5.10 Å². The van der Waals surface area contributed by atoms with E-state index in [9.17, 15) is 9.59 Å². The maximum Gasteiger partial charge on any atom is 0.319 e. The minimum Gasteiger partial charge on any atom is -0.334 e. The highest BCUT2D eigenvalue weighted by Crippen LogP contribution is 2.12. The second-order valence-corrected chi connectivity index (χ2v) is 5.77. The number of benzene rings is 1. The molecule has 1 fully saturated rings. The molecule has 1 aliphatic rings. The SMILES string of the molecule is CCN1CN(C(=O)NCc2cn(-c3ccccc3)nc2C)CC1=O. The molecule has 1 saturated heterocycles. The third-order valence-corrected chi connectivity index (χ3v) is 4.14. The number of amides is 3. The molecule has 0 saturated carbocycles. The van der Waals surface area contributed by atoms with E-state index in [2.05, 4.69) is 10.4 Å². The zero-order valence-corrected chi connectivity index (χ0v) is 13.9. The Labute approximate surface area is 140 Å². The van der Waals surface area contributed by atoms with Gasteiger partial charge >= 0.3 is 6.03 Å². The van der Waals surface area contributed by atoms with Gasteiger partial charge in [-0.1, -0.05) is 18.2 Å². The van der Waals surface area contributed by atoms with Crippen LogP contribution >= 0.6 is 0 Å². The van der Waals surface area contributed by atoms with Crippen molar-refractivity contribution in [3.8, 4) is 5.69 Å². The van der Waals surface area contributed by atoms with Crippen LogP contribution in [0.15, 0.2) is 36.5 Å². The number of hydrogen-bond donors (Lipinski definition) is 1. The normalized spacial score (nSPS) is 14.3. The fraction of sp³-hybridized carbons (Fsp3) is 0.353. The number of para-hydroxylation sites is 1. The molecule has 0 spiro atoms. The number of carbonyl (C=O) groups is 2. The van der Waals surface area contributed by atoms with Crippen molar-refractivity contribution in [2.45, 2.75) is 20.4 Å². The Balaban J connectivity index is 1.62. The summed E-state index contributed by atoms with van der Waals surface area (Å²) in [6, 6.07) is 9.59. The summed E-state index contributed by atoms with van der Waals surface area (Å²) in [5.74, 6) is -0.0132. The maximum atomic E-state index is 12.2. The zero-order chi connectivity index (χ0) is 17.1. The number of aryl methyl sites for hydroxylation is 1. The lowest BCUT2D eigenvalue weighted by Crippen LogP contribution is -2.39. The van der Waals surface area contributed by atoms with Crippen LogP contribution < -0.4 is 5.32 Å². The quantitative estimate of drug-likeness (QED) is 0.925. The van der Waals surface area contributed by atoms with Gasteiger partial charge in [0, 0.05) is 24.8 Å². The lowest BCUT2D eigenvalue weighted by Gasteiger charge is -2.17. The number of rotatable bonds is 4. The number of nitrogens with one attached hydrogen (secondary N) is 1. The zero-order valence-electron chi connectivity index (χ0n) is 13.9. The van der Waals surface area contributed by atoms with Crippen molar-refractivity contribution in [3.05, 3.63) is 47.8 Å². The van der Waals surface area contributed by atoms with Crippen molar-refractivity contribution in [1.82, 2.24) is 24.9 Å². The summed E-state index contributed by atoms with van der Waals surface area (Å²) in [5.41, 5.74) is 2.79. The minimum atomic E-state index is -0.230. The Morgan fingerprint density at radius 2 is 2.04 bits per heavy atom. The average molecular weight is 327 g/mol. The first-order valence-electron chi connectivity index (χ1n) is 7.99. The molecule has 3 rings (SSSR count). The Morgan fingerprint density at radius 1 is 1.29 bits per heavy atom. The van der Waals surface area contributed by atoms with Crippen LogP contribution in [-0.4, -0.2) is 51.3 Å². The first-order valence-corrected chi connectivity index (χ1v) is 7.99. The molecule has 2 aromatic rings. The number of carbonyl (C=O) groups excluding carboxylic acids is 2. The van der Waals surface area contributed by atoms with Crippen LogP contribution in [0.25, 0.3) is 5.69 Å². The first-order chi connectivity index (χ1) is 11.6.